The van der Waals surface area contributed by atoms with Crippen LogP contribution in [0.3, 0.4) is 0 Å². The average molecular weight is 198 g/mol. The Morgan fingerprint density at radius 1 is 1.46 bits per heavy atom. The summed E-state index contributed by atoms with van der Waals surface area (Å²) in [6.07, 6.45) is 1.05. The molecule has 1 aromatic carbocycles. The first-order valence-corrected chi connectivity index (χ1v) is 4.85. The molecule has 13 heavy (non-hydrogen) atoms. The highest BCUT2D eigenvalue weighted by atomic mass is 35.5. The third-order valence-corrected chi connectivity index (χ3v) is 2.83. The Morgan fingerprint density at radius 2 is 2.31 bits per heavy atom. The summed E-state index contributed by atoms with van der Waals surface area (Å²) in [6, 6.07) is 5.29. The normalized spacial score (nSPS) is 22.1. The number of benzene rings is 1. The van der Waals surface area contributed by atoms with Crippen molar-refractivity contribution in [3.05, 3.63) is 28.8 Å². The predicted molar refractivity (Wildman–Crippen MR) is 53.3 cm³/mol. The van der Waals surface area contributed by atoms with E-state index in [9.17, 15) is 5.11 Å². The second-order valence-electron chi connectivity index (χ2n) is 3.36. The van der Waals surface area contributed by atoms with E-state index >= 15 is 0 Å². The van der Waals surface area contributed by atoms with Crippen LogP contribution in [0.15, 0.2) is 18.2 Å². The molecule has 0 radical (unpaired) electrons. The molecule has 0 amide bonds. The van der Waals surface area contributed by atoms with E-state index < -0.39 is 0 Å². The maximum atomic E-state index is 9.64. The van der Waals surface area contributed by atoms with Crippen LogP contribution >= 0.6 is 11.6 Å². The monoisotopic (exact) mass is 197 g/mol. The van der Waals surface area contributed by atoms with Crippen LogP contribution in [-0.2, 0) is 0 Å². The molecule has 0 aliphatic carbocycles. The summed E-state index contributed by atoms with van der Waals surface area (Å²) in [7, 11) is 0. The first-order valence-electron chi connectivity index (χ1n) is 4.47. The fraction of sp³-hybridized carbons (Fsp3) is 0.400. The van der Waals surface area contributed by atoms with Gasteiger partial charge >= 0.3 is 0 Å². The molecule has 1 fully saturated rings. The van der Waals surface area contributed by atoms with E-state index in [1.54, 1.807) is 12.1 Å². The van der Waals surface area contributed by atoms with E-state index in [1.807, 2.05) is 6.07 Å². The van der Waals surface area contributed by atoms with E-state index in [-0.39, 0.29) is 0 Å². The highest BCUT2D eigenvalue weighted by Crippen LogP contribution is 2.35. The Labute approximate surface area is 82.5 Å². The maximum Gasteiger partial charge on any atom is 0.120 e. The molecule has 2 N–H and O–H groups in total. The van der Waals surface area contributed by atoms with Crippen LogP contribution in [0.25, 0.3) is 0 Å². The number of aromatic hydroxyl groups is 1. The standard InChI is InChI=1S/C10H12ClNO/c11-8-2-1-3-9(13)10(8)7-4-5-12-6-7/h1-3,7,12-13H,4-6H2. The Hall–Kier alpha value is -0.730. The zero-order chi connectivity index (χ0) is 9.26. The SMILES string of the molecule is Oc1cccc(Cl)c1C1CCNC1. The van der Waals surface area contributed by atoms with Crippen LogP contribution in [0.2, 0.25) is 5.02 Å². The van der Waals surface area contributed by atoms with E-state index in [2.05, 4.69) is 5.32 Å². The van der Waals surface area contributed by atoms with Crippen molar-refractivity contribution in [1.29, 1.82) is 0 Å². The van der Waals surface area contributed by atoms with Crippen molar-refractivity contribution in [2.75, 3.05) is 13.1 Å². The first kappa shape index (κ1) is 8.85. The minimum atomic E-state index is 0.321. The highest BCUT2D eigenvalue weighted by Gasteiger charge is 2.21. The summed E-state index contributed by atoms with van der Waals surface area (Å²) >= 11 is 6.02. The molecular weight excluding hydrogens is 186 g/mol. The minimum absolute atomic E-state index is 0.321. The molecule has 1 atom stereocenters. The lowest BCUT2D eigenvalue weighted by atomic mass is 9.97. The number of hydrogen-bond donors (Lipinski definition) is 2. The number of phenols is 1. The van der Waals surface area contributed by atoms with Crippen molar-refractivity contribution in [2.24, 2.45) is 0 Å². The molecule has 0 aromatic heterocycles. The van der Waals surface area contributed by atoms with E-state index in [0.29, 0.717) is 16.7 Å². The molecule has 0 saturated carbocycles. The summed E-state index contributed by atoms with van der Waals surface area (Å²) in [5.41, 5.74) is 0.897. The van der Waals surface area contributed by atoms with Gasteiger partial charge in [0.15, 0.2) is 0 Å². The van der Waals surface area contributed by atoms with Crippen molar-refractivity contribution < 1.29 is 5.11 Å². The van der Waals surface area contributed by atoms with Crippen molar-refractivity contribution in [3.63, 3.8) is 0 Å². The molecule has 1 aliphatic rings. The maximum absolute atomic E-state index is 9.64. The molecule has 0 spiro atoms. The van der Waals surface area contributed by atoms with Gasteiger partial charge in [-0.25, -0.2) is 0 Å². The molecule has 70 valence electrons. The molecule has 1 unspecified atom stereocenters. The van der Waals surface area contributed by atoms with Crippen molar-refractivity contribution in [2.45, 2.75) is 12.3 Å². The van der Waals surface area contributed by atoms with Gasteiger partial charge in [-0.2, -0.15) is 0 Å². The van der Waals surface area contributed by atoms with Gasteiger partial charge < -0.3 is 10.4 Å². The Bertz CT molecular complexity index is 288. The second kappa shape index (κ2) is 3.56. The molecule has 3 heteroatoms. The van der Waals surface area contributed by atoms with Gasteiger partial charge in [0.25, 0.3) is 0 Å². The topological polar surface area (TPSA) is 32.3 Å². The molecule has 1 aromatic rings. The van der Waals surface area contributed by atoms with Gasteiger partial charge in [0.05, 0.1) is 0 Å². The van der Waals surface area contributed by atoms with Crippen LogP contribution in [0.1, 0.15) is 17.9 Å². The fourth-order valence-corrected chi connectivity index (χ4v) is 2.15. The zero-order valence-electron chi connectivity index (χ0n) is 7.26. The van der Waals surface area contributed by atoms with Gasteiger partial charge in [0.2, 0.25) is 0 Å². The van der Waals surface area contributed by atoms with Gasteiger partial charge in [0.1, 0.15) is 5.75 Å². The van der Waals surface area contributed by atoms with E-state index in [0.717, 1.165) is 25.1 Å². The summed E-state index contributed by atoms with van der Waals surface area (Å²) < 4.78 is 0. The van der Waals surface area contributed by atoms with E-state index in [4.69, 9.17) is 11.6 Å². The first-order chi connectivity index (χ1) is 6.29. The number of nitrogens with one attached hydrogen (secondary N) is 1. The highest BCUT2D eigenvalue weighted by molar-refractivity contribution is 6.31. The van der Waals surface area contributed by atoms with Gasteiger partial charge in [-0.1, -0.05) is 17.7 Å². The molecule has 1 heterocycles. The lowest BCUT2D eigenvalue weighted by Crippen LogP contribution is -2.08. The predicted octanol–water partition coefficient (Wildman–Crippen LogP) is 2.12. The van der Waals surface area contributed by atoms with Crippen LogP contribution in [-0.4, -0.2) is 18.2 Å². The minimum Gasteiger partial charge on any atom is -0.508 e. The zero-order valence-corrected chi connectivity index (χ0v) is 8.01. The van der Waals surface area contributed by atoms with Gasteiger partial charge in [0, 0.05) is 23.0 Å². The largest absolute Gasteiger partial charge is 0.508 e. The van der Waals surface area contributed by atoms with Crippen LogP contribution in [0.5, 0.6) is 5.75 Å². The molecule has 0 bridgehead atoms. The Kier molecular flexibility index (Phi) is 2.42. The van der Waals surface area contributed by atoms with Gasteiger partial charge in [-0.3, -0.25) is 0 Å². The molecular formula is C10H12ClNO. The summed E-state index contributed by atoms with van der Waals surface area (Å²) in [6.45, 7) is 1.92. The number of phenolic OH excluding ortho intramolecular Hbond substituents is 1. The number of halogens is 1. The molecule has 1 aliphatic heterocycles. The summed E-state index contributed by atoms with van der Waals surface area (Å²) in [5.74, 6) is 0.690. The summed E-state index contributed by atoms with van der Waals surface area (Å²) in [4.78, 5) is 0. The smallest absolute Gasteiger partial charge is 0.120 e. The lowest BCUT2D eigenvalue weighted by molar-refractivity contribution is 0.463. The van der Waals surface area contributed by atoms with Gasteiger partial charge in [-0.05, 0) is 25.1 Å². The Balaban J connectivity index is 2.37. The second-order valence-corrected chi connectivity index (χ2v) is 3.77. The van der Waals surface area contributed by atoms with Crippen LogP contribution < -0.4 is 5.32 Å². The molecule has 2 nitrogen and oxygen atoms in total. The molecule has 2 rings (SSSR count). The van der Waals surface area contributed by atoms with Crippen molar-refractivity contribution in [1.82, 2.24) is 5.32 Å². The van der Waals surface area contributed by atoms with Crippen molar-refractivity contribution >= 4 is 11.6 Å². The van der Waals surface area contributed by atoms with Crippen LogP contribution in [0, 0.1) is 0 Å². The van der Waals surface area contributed by atoms with Crippen LogP contribution in [0.4, 0.5) is 0 Å². The Morgan fingerprint density at radius 3 is 2.92 bits per heavy atom. The third kappa shape index (κ3) is 1.64. The molecule has 1 saturated heterocycles. The van der Waals surface area contributed by atoms with Gasteiger partial charge in [-0.15, -0.1) is 0 Å². The lowest BCUT2D eigenvalue weighted by Gasteiger charge is -2.12. The van der Waals surface area contributed by atoms with E-state index in [1.165, 1.54) is 0 Å². The summed E-state index contributed by atoms with van der Waals surface area (Å²) in [5, 5.41) is 13.6. The number of hydrogen-bond acceptors (Lipinski definition) is 2. The van der Waals surface area contributed by atoms with Crippen molar-refractivity contribution in [3.8, 4) is 5.75 Å². The average Bonchev–Trinajstić information content (AvgIpc) is 2.57. The quantitative estimate of drug-likeness (QED) is 0.723. The fourth-order valence-electron chi connectivity index (χ4n) is 1.83. The third-order valence-electron chi connectivity index (χ3n) is 2.50. The number of rotatable bonds is 1.